The van der Waals surface area contributed by atoms with Crippen LogP contribution in [-0.4, -0.2) is 22.9 Å². The van der Waals surface area contributed by atoms with E-state index in [9.17, 15) is 32.7 Å². The van der Waals surface area contributed by atoms with Crippen molar-refractivity contribution in [2.75, 3.05) is 10.6 Å². The number of anilines is 2. The van der Waals surface area contributed by atoms with Crippen LogP contribution in [0.5, 0.6) is 0 Å². The minimum Gasteiger partial charge on any atom is -0.530 e. The molecule has 3 aromatic rings. The lowest BCUT2D eigenvalue weighted by Gasteiger charge is -2.09. The topological polar surface area (TPSA) is 123 Å². The zero-order valence-corrected chi connectivity index (χ0v) is 19.2. The zero-order chi connectivity index (χ0) is 25.6. The van der Waals surface area contributed by atoms with Crippen LogP contribution in [0.25, 0.3) is 0 Å². The number of hydrogen-bond donors (Lipinski definition) is 3. The minimum atomic E-state index is -4.44. The van der Waals surface area contributed by atoms with Crippen LogP contribution >= 0.6 is 11.3 Å². The molecule has 0 atom stereocenters. The molecule has 1 heterocycles. The highest BCUT2D eigenvalue weighted by Crippen LogP contribution is 2.29. The quantitative estimate of drug-likeness (QED) is 0.432. The molecule has 0 saturated heterocycles. The predicted molar refractivity (Wildman–Crippen MR) is 122 cm³/mol. The summed E-state index contributed by atoms with van der Waals surface area (Å²) < 4.78 is 38.2. The van der Waals surface area contributed by atoms with Gasteiger partial charge in [-0.2, -0.15) is 13.2 Å². The van der Waals surface area contributed by atoms with E-state index in [2.05, 4.69) is 20.9 Å². The minimum absolute atomic E-state index is 0.0106. The van der Waals surface area contributed by atoms with E-state index in [1.807, 2.05) is 0 Å². The number of alkyl halides is 3. The first kappa shape index (κ1) is 25.7. The Labute approximate surface area is 202 Å². The van der Waals surface area contributed by atoms with Crippen molar-refractivity contribution < 1.29 is 32.7 Å². The molecule has 35 heavy (non-hydrogen) atoms. The van der Waals surface area contributed by atoms with Crippen molar-refractivity contribution in [3.05, 3.63) is 75.8 Å². The molecule has 3 N–H and O–H groups in total. The van der Waals surface area contributed by atoms with Crippen molar-refractivity contribution >= 4 is 40.1 Å². The van der Waals surface area contributed by atoms with Crippen LogP contribution in [0.15, 0.2) is 48.5 Å². The van der Waals surface area contributed by atoms with E-state index in [0.717, 1.165) is 29.0 Å². The number of halogens is 3. The van der Waals surface area contributed by atoms with Gasteiger partial charge in [-0.1, -0.05) is 35.6 Å². The smallest absolute Gasteiger partial charge is 0.416 e. The Balaban J connectivity index is 1.69. The molecular weight excluding hydrogens is 485 g/mol. The number of rotatable bonds is 8. The molecular formula is C23H20F3N4O4S-. The molecule has 0 radical (unpaired) electrons. The fourth-order valence-electron chi connectivity index (χ4n) is 3.11. The van der Waals surface area contributed by atoms with Crippen LogP contribution in [0.3, 0.4) is 0 Å². The highest BCUT2D eigenvalue weighted by atomic mass is 32.1. The lowest BCUT2D eigenvalue weighted by molar-refractivity contribution is -0.242. The van der Waals surface area contributed by atoms with Gasteiger partial charge in [-0.3, -0.25) is 9.59 Å². The number of nitrogens with one attached hydrogen (secondary N) is 3. The fourth-order valence-corrected chi connectivity index (χ4v) is 4.09. The van der Waals surface area contributed by atoms with Crippen LogP contribution < -0.4 is 21.1 Å². The van der Waals surface area contributed by atoms with Gasteiger partial charge in [0.05, 0.1) is 11.3 Å². The van der Waals surface area contributed by atoms with Crippen molar-refractivity contribution in [2.24, 2.45) is 0 Å². The highest BCUT2D eigenvalue weighted by Gasteiger charge is 2.30. The molecule has 3 rings (SSSR count). The average molecular weight is 505 g/mol. The summed E-state index contributed by atoms with van der Waals surface area (Å²) in [5.41, 5.74) is 1.38. The third kappa shape index (κ3) is 7.54. The molecule has 0 bridgehead atoms. The number of hydrogen-bond acceptors (Lipinski definition) is 6. The molecule has 8 nitrogen and oxygen atoms in total. The molecule has 2 aromatic carbocycles. The molecule has 0 spiro atoms. The number of aromatic nitrogens is 1. The van der Waals surface area contributed by atoms with Crippen molar-refractivity contribution in [1.29, 1.82) is 0 Å². The Morgan fingerprint density at radius 2 is 1.57 bits per heavy atom. The molecule has 0 aliphatic carbocycles. The van der Waals surface area contributed by atoms with E-state index in [-0.39, 0.29) is 22.5 Å². The van der Waals surface area contributed by atoms with Gasteiger partial charge in [0.1, 0.15) is 11.0 Å². The molecule has 0 aliphatic rings. The number of carbonyl (C=O) groups excluding carboxylic acids is 3. The molecule has 3 amide bonds. The Kier molecular flexibility index (Phi) is 8.07. The van der Waals surface area contributed by atoms with Crippen LogP contribution in [0.4, 0.5) is 28.8 Å². The van der Waals surface area contributed by atoms with Gasteiger partial charge in [0.15, 0.2) is 5.13 Å². The Hall–Kier alpha value is -3.93. The number of carboxylic acid groups (broad SMARTS) is 1. The molecule has 1 aromatic heterocycles. The zero-order valence-electron chi connectivity index (χ0n) is 18.4. The van der Waals surface area contributed by atoms with Gasteiger partial charge < -0.3 is 25.9 Å². The SMILES string of the molecule is CC(=O)Nc1nc(CCc2ccc(NC(=O)[O-])cc2)c(C(=O)NCc2ccc(C(F)(F)F)cc2)s1. The number of aryl methyl sites for hydroxylation is 2. The van der Waals surface area contributed by atoms with E-state index >= 15 is 0 Å². The monoisotopic (exact) mass is 505 g/mol. The molecule has 0 saturated carbocycles. The summed E-state index contributed by atoms with van der Waals surface area (Å²) in [5, 5.41) is 18.2. The van der Waals surface area contributed by atoms with E-state index in [0.29, 0.717) is 29.8 Å². The van der Waals surface area contributed by atoms with Crippen molar-refractivity contribution in [2.45, 2.75) is 32.5 Å². The first-order valence-corrected chi connectivity index (χ1v) is 11.1. The maximum absolute atomic E-state index is 12.8. The summed E-state index contributed by atoms with van der Waals surface area (Å²) in [5.74, 6) is -0.819. The molecule has 0 unspecified atom stereocenters. The van der Waals surface area contributed by atoms with Crippen LogP contribution in [-0.2, 0) is 30.4 Å². The molecule has 0 aliphatic heterocycles. The van der Waals surface area contributed by atoms with E-state index in [1.165, 1.54) is 19.1 Å². The van der Waals surface area contributed by atoms with E-state index in [1.54, 1.807) is 24.3 Å². The summed E-state index contributed by atoms with van der Waals surface area (Å²) in [7, 11) is 0. The van der Waals surface area contributed by atoms with Crippen LogP contribution in [0.2, 0.25) is 0 Å². The first-order valence-electron chi connectivity index (χ1n) is 10.3. The van der Waals surface area contributed by atoms with Crippen molar-refractivity contribution in [3.63, 3.8) is 0 Å². The summed E-state index contributed by atoms with van der Waals surface area (Å²) in [6, 6.07) is 11.1. The fraction of sp³-hybridized carbons (Fsp3) is 0.217. The number of carbonyl (C=O) groups is 3. The summed E-state index contributed by atoms with van der Waals surface area (Å²) in [6.07, 6.45) is -5.03. The number of thiazole rings is 1. The van der Waals surface area contributed by atoms with Crippen LogP contribution in [0.1, 0.15) is 39.0 Å². The Morgan fingerprint density at radius 1 is 0.943 bits per heavy atom. The van der Waals surface area contributed by atoms with Gasteiger partial charge in [-0.25, -0.2) is 4.98 Å². The lowest BCUT2D eigenvalue weighted by atomic mass is 10.1. The Morgan fingerprint density at radius 3 is 2.14 bits per heavy atom. The maximum atomic E-state index is 12.8. The van der Waals surface area contributed by atoms with Gasteiger partial charge in [0, 0.05) is 19.2 Å². The highest BCUT2D eigenvalue weighted by molar-refractivity contribution is 7.17. The van der Waals surface area contributed by atoms with Crippen molar-refractivity contribution in [1.82, 2.24) is 10.3 Å². The number of nitrogens with zero attached hydrogens (tertiary/aromatic N) is 1. The second kappa shape index (κ2) is 11.0. The first-order chi connectivity index (χ1) is 16.5. The number of benzene rings is 2. The third-order valence-corrected chi connectivity index (χ3v) is 5.78. The Bertz CT molecular complexity index is 1210. The van der Waals surface area contributed by atoms with E-state index in [4.69, 9.17) is 0 Å². The van der Waals surface area contributed by atoms with Crippen LogP contribution in [0, 0.1) is 0 Å². The van der Waals surface area contributed by atoms with Gasteiger partial charge in [0.25, 0.3) is 5.91 Å². The normalized spacial score (nSPS) is 11.1. The van der Waals surface area contributed by atoms with Gasteiger partial charge >= 0.3 is 6.18 Å². The van der Waals surface area contributed by atoms with E-state index < -0.39 is 23.7 Å². The van der Waals surface area contributed by atoms with Gasteiger partial charge in [-0.15, -0.1) is 0 Å². The lowest BCUT2D eigenvalue weighted by Crippen LogP contribution is -2.28. The van der Waals surface area contributed by atoms with Gasteiger partial charge in [-0.05, 0) is 48.2 Å². The average Bonchev–Trinajstić information content (AvgIpc) is 3.18. The predicted octanol–water partition coefficient (Wildman–Crippen LogP) is 3.59. The largest absolute Gasteiger partial charge is 0.530 e. The summed E-state index contributed by atoms with van der Waals surface area (Å²) in [4.78, 5) is 39.5. The van der Waals surface area contributed by atoms with Gasteiger partial charge in [0.2, 0.25) is 5.91 Å². The maximum Gasteiger partial charge on any atom is 0.416 e. The molecule has 184 valence electrons. The molecule has 12 heteroatoms. The summed E-state index contributed by atoms with van der Waals surface area (Å²) in [6.45, 7) is 1.32. The second-order valence-electron chi connectivity index (χ2n) is 7.46. The standard InChI is InChI=1S/C23H21F3N4O4S/c1-13(31)28-21-30-18(11-6-14-4-9-17(10-5-14)29-22(33)34)19(35-21)20(32)27-12-15-2-7-16(8-3-15)23(24,25)26/h2-5,7-10,29H,6,11-12H2,1H3,(H,27,32)(H,33,34)(H,28,30,31)/p-1. The molecule has 0 fully saturated rings. The second-order valence-corrected chi connectivity index (χ2v) is 8.46. The van der Waals surface area contributed by atoms with Crippen molar-refractivity contribution in [3.8, 4) is 0 Å². The summed E-state index contributed by atoms with van der Waals surface area (Å²) >= 11 is 0.995. The third-order valence-electron chi connectivity index (χ3n) is 4.77. The number of amides is 3.